The quantitative estimate of drug-likeness (QED) is 0.428. The third kappa shape index (κ3) is 4.99. The summed E-state index contributed by atoms with van der Waals surface area (Å²) >= 11 is 0. The van der Waals surface area contributed by atoms with Crippen LogP contribution in [0.25, 0.3) is 11.1 Å². The molecule has 0 unspecified atom stereocenters. The molecule has 6 heteroatoms. The fourth-order valence-electron chi connectivity index (χ4n) is 2.28. The Kier molecular flexibility index (Phi) is 7.02. The first-order valence-corrected chi connectivity index (χ1v) is 8.29. The lowest BCUT2D eigenvalue weighted by molar-refractivity contribution is -0.157. The van der Waals surface area contributed by atoms with Crippen molar-refractivity contribution < 1.29 is 23.5 Å². The van der Waals surface area contributed by atoms with E-state index in [1.54, 1.807) is 32.0 Å². The van der Waals surface area contributed by atoms with Gasteiger partial charge < -0.3 is 9.47 Å². The lowest BCUT2D eigenvalue weighted by Crippen LogP contribution is -2.29. The van der Waals surface area contributed by atoms with Gasteiger partial charge in [-0.1, -0.05) is 30.3 Å². The van der Waals surface area contributed by atoms with Crippen LogP contribution in [0.5, 0.6) is 0 Å². The van der Waals surface area contributed by atoms with Gasteiger partial charge in [0.1, 0.15) is 5.82 Å². The van der Waals surface area contributed by atoms with Gasteiger partial charge in [0.25, 0.3) is 0 Å². The molecule has 0 aliphatic heterocycles. The van der Waals surface area contributed by atoms with Crippen molar-refractivity contribution in [3.63, 3.8) is 0 Å². The van der Waals surface area contributed by atoms with Crippen LogP contribution in [0.2, 0.25) is 0 Å². The maximum absolute atomic E-state index is 14.1. The molecule has 2 rings (SSSR count). The fraction of sp³-hybridized carbons (Fsp3) is 0.250. The zero-order valence-corrected chi connectivity index (χ0v) is 14.6. The van der Waals surface area contributed by atoms with Gasteiger partial charge in [-0.25, -0.2) is 4.39 Å². The standard InChI is InChI=1S/C20H20FNO4/c1-3-25-19(23)17(20(24)26-4-2)13-22-15-10-11-18(21)16(12-15)14-8-6-5-7-9-14/h5-13,17H,3-4H2,1-2H3. The molecule has 0 spiro atoms. The fourth-order valence-corrected chi connectivity index (χ4v) is 2.28. The van der Waals surface area contributed by atoms with E-state index in [-0.39, 0.29) is 19.0 Å². The molecule has 0 heterocycles. The van der Waals surface area contributed by atoms with Crippen LogP contribution in [0.15, 0.2) is 53.5 Å². The van der Waals surface area contributed by atoms with E-state index in [0.29, 0.717) is 16.8 Å². The third-order valence-corrected chi connectivity index (χ3v) is 3.49. The summed E-state index contributed by atoms with van der Waals surface area (Å²) in [5.74, 6) is -3.12. The van der Waals surface area contributed by atoms with Crippen molar-refractivity contribution in [2.24, 2.45) is 10.9 Å². The van der Waals surface area contributed by atoms with Crippen molar-refractivity contribution in [2.45, 2.75) is 13.8 Å². The highest BCUT2D eigenvalue weighted by molar-refractivity contribution is 6.09. The van der Waals surface area contributed by atoms with Gasteiger partial charge in [-0.05, 0) is 37.6 Å². The molecule has 0 N–H and O–H groups in total. The molecule has 0 bridgehead atoms. The normalized spacial score (nSPS) is 10.9. The first-order valence-electron chi connectivity index (χ1n) is 8.29. The van der Waals surface area contributed by atoms with Crippen molar-refractivity contribution in [2.75, 3.05) is 13.2 Å². The maximum Gasteiger partial charge on any atom is 0.325 e. The number of hydrogen-bond acceptors (Lipinski definition) is 5. The number of esters is 2. The third-order valence-electron chi connectivity index (χ3n) is 3.49. The highest BCUT2D eigenvalue weighted by Gasteiger charge is 2.27. The predicted molar refractivity (Wildman–Crippen MR) is 96.7 cm³/mol. The summed E-state index contributed by atoms with van der Waals surface area (Å²) < 4.78 is 23.9. The van der Waals surface area contributed by atoms with Crippen LogP contribution in [-0.4, -0.2) is 31.4 Å². The van der Waals surface area contributed by atoms with Gasteiger partial charge in [0.05, 0.1) is 18.9 Å². The molecule has 5 nitrogen and oxygen atoms in total. The lowest BCUT2D eigenvalue weighted by Gasteiger charge is -2.10. The molecule has 2 aromatic carbocycles. The van der Waals surface area contributed by atoms with Gasteiger partial charge in [-0.2, -0.15) is 0 Å². The summed E-state index contributed by atoms with van der Waals surface area (Å²) in [4.78, 5) is 28.0. The Hall–Kier alpha value is -3.02. The average Bonchev–Trinajstić information content (AvgIpc) is 2.64. The number of halogens is 1. The van der Waals surface area contributed by atoms with Crippen LogP contribution in [0.4, 0.5) is 10.1 Å². The largest absolute Gasteiger partial charge is 0.465 e. The average molecular weight is 357 g/mol. The van der Waals surface area contributed by atoms with E-state index in [1.807, 2.05) is 18.2 Å². The second-order valence-corrected chi connectivity index (χ2v) is 5.29. The molecular formula is C20H20FNO4. The van der Waals surface area contributed by atoms with E-state index < -0.39 is 17.9 Å². The monoisotopic (exact) mass is 357 g/mol. The molecule has 136 valence electrons. The minimum Gasteiger partial charge on any atom is -0.465 e. The molecule has 0 saturated carbocycles. The van der Waals surface area contributed by atoms with Gasteiger partial charge in [-0.15, -0.1) is 0 Å². The summed E-state index contributed by atoms with van der Waals surface area (Å²) in [5.41, 5.74) is 1.49. The van der Waals surface area contributed by atoms with Gasteiger partial charge >= 0.3 is 11.9 Å². The van der Waals surface area contributed by atoms with Crippen molar-refractivity contribution in [1.29, 1.82) is 0 Å². The van der Waals surface area contributed by atoms with Crippen molar-refractivity contribution in [1.82, 2.24) is 0 Å². The van der Waals surface area contributed by atoms with E-state index >= 15 is 0 Å². The molecule has 0 aromatic heterocycles. The highest BCUT2D eigenvalue weighted by Crippen LogP contribution is 2.27. The highest BCUT2D eigenvalue weighted by atomic mass is 19.1. The first kappa shape index (κ1) is 19.3. The van der Waals surface area contributed by atoms with Crippen LogP contribution in [-0.2, 0) is 19.1 Å². The number of carbonyl (C=O) groups is 2. The molecular weight excluding hydrogens is 337 g/mol. The second-order valence-electron chi connectivity index (χ2n) is 5.29. The van der Waals surface area contributed by atoms with Crippen LogP contribution in [0, 0.1) is 11.7 Å². The van der Waals surface area contributed by atoms with Crippen LogP contribution in [0.1, 0.15) is 13.8 Å². The topological polar surface area (TPSA) is 65.0 Å². The number of nitrogens with zero attached hydrogens (tertiary/aromatic N) is 1. The van der Waals surface area contributed by atoms with Gasteiger partial charge in [0, 0.05) is 11.8 Å². The number of benzene rings is 2. The summed E-state index contributed by atoms with van der Waals surface area (Å²) in [6.45, 7) is 3.56. The summed E-state index contributed by atoms with van der Waals surface area (Å²) in [6.07, 6.45) is 1.16. The van der Waals surface area contributed by atoms with Gasteiger partial charge in [0.2, 0.25) is 0 Å². The number of hydrogen-bond donors (Lipinski definition) is 0. The minimum absolute atomic E-state index is 0.136. The first-order chi connectivity index (χ1) is 12.6. The van der Waals surface area contributed by atoms with E-state index in [4.69, 9.17) is 9.47 Å². The Labute approximate surface area is 151 Å². The molecule has 0 fully saturated rings. The van der Waals surface area contributed by atoms with Crippen molar-refractivity contribution in [3.05, 3.63) is 54.3 Å². The zero-order chi connectivity index (χ0) is 18.9. The van der Waals surface area contributed by atoms with Crippen LogP contribution in [0.3, 0.4) is 0 Å². The number of aliphatic imine (C=N–C) groups is 1. The maximum atomic E-state index is 14.1. The lowest BCUT2D eigenvalue weighted by atomic mass is 10.0. The van der Waals surface area contributed by atoms with E-state index in [9.17, 15) is 14.0 Å². The Morgan fingerprint density at radius 3 is 2.23 bits per heavy atom. The van der Waals surface area contributed by atoms with Gasteiger partial charge in [0.15, 0.2) is 5.92 Å². The summed E-state index contributed by atoms with van der Waals surface area (Å²) in [6, 6.07) is 13.3. The molecule has 2 aromatic rings. The van der Waals surface area contributed by atoms with Crippen LogP contribution >= 0.6 is 0 Å². The Morgan fingerprint density at radius 1 is 1.04 bits per heavy atom. The van der Waals surface area contributed by atoms with E-state index in [0.717, 1.165) is 6.21 Å². The SMILES string of the molecule is CCOC(=O)C(C=Nc1ccc(F)c(-c2ccccc2)c1)C(=O)OCC. The number of ether oxygens (including phenoxy) is 2. The molecule has 0 atom stereocenters. The molecule has 26 heavy (non-hydrogen) atoms. The number of carbonyl (C=O) groups excluding carboxylic acids is 2. The molecule has 0 aliphatic carbocycles. The molecule has 0 radical (unpaired) electrons. The zero-order valence-electron chi connectivity index (χ0n) is 14.6. The Balaban J connectivity index is 2.29. The van der Waals surface area contributed by atoms with Gasteiger partial charge in [-0.3, -0.25) is 14.6 Å². The number of rotatable bonds is 7. The smallest absolute Gasteiger partial charge is 0.325 e. The van der Waals surface area contributed by atoms with Crippen molar-refractivity contribution in [3.8, 4) is 11.1 Å². The molecule has 0 amide bonds. The van der Waals surface area contributed by atoms with Crippen LogP contribution < -0.4 is 0 Å². The predicted octanol–water partition coefficient (Wildman–Crippen LogP) is 3.94. The second kappa shape index (κ2) is 9.46. The Morgan fingerprint density at radius 2 is 1.65 bits per heavy atom. The Bertz CT molecular complexity index is 772. The summed E-state index contributed by atoms with van der Waals surface area (Å²) in [7, 11) is 0. The molecule has 0 aliphatic rings. The molecule has 0 saturated heterocycles. The summed E-state index contributed by atoms with van der Waals surface area (Å²) in [5, 5.41) is 0. The van der Waals surface area contributed by atoms with E-state index in [2.05, 4.69) is 4.99 Å². The van der Waals surface area contributed by atoms with Crippen molar-refractivity contribution >= 4 is 23.8 Å². The van der Waals surface area contributed by atoms with E-state index in [1.165, 1.54) is 12.1 Å². The minimum atomic E-state index is -1.26.